The summed E-state index contributed by atoms with van der Waals surface area (Å²) >= 11 is 0. The summed E-state index contributed by atoms with van der Waals surface area (Å²) in [5.41, 5.74) is 1.54. The molecule has 0 radical (unpaired) electrons. The lowest BCUT2D eigenvalue weighted by Gasteiger charge is -2.10. The van der Waals surface area contributed by atoms with Gasteiger partial charge in [-0.05, 0) is 60.9 Å². The monoisotopic (exact) mass is 382 g/mol. The van der Waals surface area contributed by atoms with E-state index in [1.165, 1.54) is 25.1 Å². The molecule has 0 unspecified atom stereocenters. The lowest BCUT2D eigenvalue weighted by Crippen LogP contribution is -1.99. The number of Topliss-reactive ketones (excluding diaryl/α,β-unsaturated/α-hetero) is 1. The number of hydrogen-bond acceptors (Lipinski definition) is 3. The Balaban J connectivity index is 1.62. The number of aryl methyl sites for hydroxylation is 1. The molecule has 0 aromatic heterocycles. The summed E-state index contributed by atoms with van der Waals surface area (Å²) in [4.78, 5) is 11.0. The Morgan fingerprint density at radius 3 is 2.36 bits per heavy atom. The van der Waals surface area contributed by atoms with Gasteiger partial charge in [0, 0.05) is 12.5 Å². The molecule has 3 nitrogen and oxygen atoms in total. The summed E-state index contributed by atoms with van der Waals surface area (Å²) in [6.07, 6.45) is 0.893. The summed E-state index contributed by atoms with van der Waals surface area (Å²) < 4.78 is 38.7. The summed E-state index contributed by atoms with van der Waals surface area (Å²) in [6.45, 7) is 1.67. The van der Waals surface area contributed by atoms with E-state index in [1.807, 2.05) is 6.07 Å². The summed E-state index contributed by atoms with van der Waals surface area (Å²) in [6, 6.07) is 17.7. The second-order valence-corrected chi connectivity index (χ2v) is 6.46. The maximum Gasteiger partial charge on any atom is 0.165 e. The van der Waals surface area contributed by atoms with Crippen LogP contribution in [0.2, 0.25) is 0 Å². The van der Waals surface area contributed by atoms with Gasteiger partial charge in [0.2, 0.25) is 0 Å². The van der Waals surface area contributed by atoms with E-state index in [-0.39, 0.29) is 24.0 Å². The van der Waals surface area contributed by atoms with Crippen molar-refractivity contribution in [2.24, 2.45) is 0 Å². The molecule has 3 rings (SSSR count). The largest absolute Gasteiger partial charge is 0.486 e. The minimum atomic E-state index is -0.465. The molecule has 0 aliphatic heterocycles. The molecule has 144 valence electrons. The van der Waals surface area contributed by atoms with E-state index >= 15 is 0 Å². The van der Waals surface area contributed by atoms with E-state index in [0.29, 0.717) is 24.3 Å². The van der Waals surface area contributed by atoms with E-state index in [2.05, 4.69) is 0 Å². The Morgan fingerprint density at radius 1 is 0.893 bits per heavy atom. The number of rotatable bonds is 8. The van der Waals surface area contributed by atoms with Crippen molar-refractivity contribution < 1.29 is 23.0 Å². The molecule has 0 amide bonds. The standard InChI is InChI=1S/C23H20F2O3/c1-16(26)8-9-17-10-11-23(22(25)13-17)27-15-18-4-2-6-20(12-18)28-21-7-3-5-19(24)14-21/h2-7,10-14H,8-9,15H2,1H3. The molecule has 0 fully saturated rings. The van der Waals surface area contributed by atoms with E-state index in [1.54, 1.807) is 42.5 Å². The van der Waals surface area contributed by atoms with E-state index in [9.17, 15) is 13.6 Å². The predicted octanol–water partition coefficient (Wildman–Crippen LogP) is 5.86. The van der Waals surface area contributed by atoms with Crippen molar-refractivity contribution in [2.45, 2.75) is 26.4 Å². The molecule has 0 saturated heterocycles. The number of ketones is 1. The zero-order valence-corrected chi connectivity index (χ0v) is 15.5. The van der Waals surface area contributed by atoms with Crippen LogP contribution in [0.15, 0.2) is 66.7 Å². The van der Waals surface area contributed by atoms with Crippen molar-refractivity contribution in [3.63, 3.8) is 0 Å². The third-order valence-corrected chi connectivity index (χ3v) is 4.09. The molecule has 5 heteroatoms. The van der Waals surface area contributed by atoms with Crippen LogP contribution in [0.4, 0.5) is 8.78 Å². The fourth-order valence-electron chi connectivity index (χ4n) is 2.66. The van der Waals surface area contributed by atoms with E-state index in [4.69, 9.17) is 9.47 Å². The van der Waals surface area contributed by atoms with E-state index < -0.39 is 5.82 Å². The maximum absolute atomic E-state index is 14.2. The average molecular weight is 382 g/mol. The van der Waals surface area contributed by atoms with Gasteiger partial charge in [-0.1, -0.05) is 24.3 Å². The minimum absolute atomic E-state index is 0.0704. The molecular weight excluding hydrogens is 362 g/mol. The first-order valence-electron chi connectivity index (χ1n) is 8.92. The highest BCUT2D eigenvalue weighted by Crippen LogP contribution is 2.24. The summed E-state index contributed by atoms with van der Waals surface area (Å²) in [7, 11) is 0. The van der Waals surface area contributed by atoms with Crippen LogP contribution in [0.1, 0.15) is 24.5 Å². The summed E-state index contributed by atoms with van der Waals surface area (Å²) in [5, 5.41) is 0. The first kappa shape index (κ1) is 19.5. The highest BCUT2D eigenvalue weighted by molar-refractivity contribution is 5.75. The molecule has 0 aliphatic carbocycles. The Bertz CT molecular complexity index is 970. The molecule has 0 bridgehead atoms. The quantitative estimate of drug-likeness (QED) is 0.490. The van der Waals surface area contributed by atoms with E-state index in [0.717, 1.165) is 11.1 Å². The Labute approximate surface area is 162 Å². The van der Waals surface area contributed by atoms with Gasteiger partial charge < -0.3 is 14.3 Å². The van der Waals surface area contributed by atoms with Crippen LogP contribution in [-0.2, 0) is 17.8 Å². The van der Waals surface area contributed by atoms with Gasteiger partial charge in [0.15, 0.2) is 11.6 Å². The number of ether oxygens (including phenoxy) is 2. The third kappa shape index (κ3) is 5.64. The Morgan fingerprint density at radius 2 is 1.64 bits per heavy atom. The maximum atomic E-state index is 14.2. The molecule has 0 heterocycles. The van der Waals surface area contributed by atoms with Gasteiger partial charge in [-0.3, -0.25) is 0 Å². The van der Waals surface area contributed by atoms with Gasteiger partial charge in [-0.2, -0.15) is 0 Å². The number of carbonyl (C=O) groups is 1. The first-order chi connectivity index (χ1) is 13.5. The van der Waals surface area contributed by atoms with Crippen LogP contribution in [0.25, 0.3) is 0 Å². The molecule has 0 atom stereocenters. The van der Waals surface area contributed by atoms with Crippen molar-refractivity contribution in [3.8, 4) is 17.2 Å². The zero-order chi connectivity index (χ0) is 19.9. The normalized spacial score (nSPS) is 10.5. The van der Waals surface area contributed by atoms with Crippen molar-refractivity contribution in [3.05, 3.63) is 89.5 Å². The SMILES string of the molecule is CC(=O)CCc1ccc(OCc2cccc(Oc3cccc(F)c3)c2)c(F)c1. The molecule has 0 N–H and O–H groups in total. The Hall–Kier alpha value is -3.21. The molecule has 3 aromatic rings. The van der Waals surface area contributed by atoms with Gasteiger partial charge in [-0.25, -0.2) is 8.78 Å². The number of hydrogen-bond donors (Lipinski definition) is 0. The highest BCUT2D eigenvalue weighted by atomic mass is 19.1. The van der Waals surface area contributed by atoms with Gasteiger partial charge in [0.25, 0.3) is 0 Å². The minimum Gasteiger partial charge on any atom is -0.486 e. The number of benzene rings is 3. The molecule has 3 aromatic carbocycles. The number of carbonyl (C=O) groups excluding carboxylic acids is 1. The third-order valence-electron chi connectivity index (χ3n) is 4.09. The van der Waals surface area contributed by atoms with Crippen molar-refractivity contribution >= 4 is 5.78 Å². The highest BCUT2D eigenvalue weighted by Gasteiger charge is 2.07. The Kier molecular flexibility index (Phi) is 6.37. The predicted molar refractivity (Wildman–Crippen MR) is 103 cm³/mol. The van der Waals surface area contributed by atoms with Crippen molar-refractivity contribution in [1.82, 2.24) is 0 Å². The average Bonchev–Trinajstić information content (AvgIpc) is 2.66. The van der Waals surface area contributed by atoms with Crippen LogP contribution in [0.5, 0.6) is 17.2 Å². The van der Waals surface area contributed by atoms with Crippen molar-refractivity contribution in [1.29, 1.82) is 0 Å². The lowest BCUT2D eigenvalue weighted by molar-refractivity contribution is -0.116. The van der Waals surface area contributed by atoms with Crippen LogP contribution in [0.3, 0.4) is 0 Å². The lowest BCUT2D eigenvalue weighted by atomic mass is 10.1. The van der Waals surface area contributed by atoms with Crippen LogP contribution in [0, 0.1) is 11.6 Å². The smallest absolute Gasteiger partial charge is 0.165 e. The number of halogens is 2. The van der Waals surface area contributed by atoms with Crippen LogP contribution >= 0.6 is 0 Å². The summed E-state index contributed by atoms with van der Waals surface area (Å²) in [5.74, 6) is 0.300. The van der Waals surface area contributed by atoms with Crippen LogP contribution < -0.4 is 9.47 Å². The fourth-order valence-corrected chi connectivity index (χ4v) is 2.66. The van der Waals surface area contributed by atoms with Gasteiger partial charge in [0.1, 0.15) is 29.7 Å². The zero-order valence-electron chi connectivity index (χ0n) is 15.5. The fraction of sp³-hybridized carbons (Fsp3) is 0.174. The first-order valence-corrected chi connectivity index (χ1v) is 8.92. The molecule has 0 aliphatic rings. The molecule has 28 heavy (non-hydrogen) atoms. The second kappa shape index (κ2) is 9.13. The van der Waals surface area contributed by atoms with Crippen molar-refractivity contribution in [2.75, 3.05) is 0 Å². The molecule has 0 saturated carbocycles. The second-order valence-electron chi connectivity index (χ2n) is 6.46. The van der Waals surface area contributed by atoms with Crippen LogP contribution in [-0.4, -0.2) is 5.78 Å². The molecular formula is C23H20F2O3. The van der Waals surface area contributed by atoms with Gasteiger partial charge >= 0.3 is 0 Å². The van der Waals surface area contributed by atoms with Gasteiger partial charge in [-0.15, -0.1) is 0 Å². The van der Waals surface area contributed by atoms with Gasteiger partial charge in [0.05, 0.1) is 0 Å². The topological polar surface area (TPSA) is 35.5 Å². The molecule has 0 spiro atoms.